The Morgan fingerprint density at radius 2 is 1.74 bits per heavy atom. The summed E-state index contributed by atoms with van der Waals surface area (Å²) in [7, 11) is 0. The number of non-ortho nitro benzene ring substituents is 1. The van der Waals surface area contributed by atoms with Crippen LogP contribution in [-0.2, 0) is 0 Å². The van der Waals surface area contributed by atoms with Gasteiger partial charge in [-0.05, 0) is 25.0 Å². The van der Waals surface area contributed by atoms with E-state index in [-0.39, 0.29) is 11.3 Å². The molecule has 0 amide bonds. The molecular formula is C13H18N2O4. The fourth-order valence-electron chi connectivity index (χ4n) is 1.86. The largest absolute Gasteiger partial charge is 0.478 e. The number of hydrogen-bond acceptors (Lipinski definition) is 4. The minimum atomic E-state index is -1.09. The zero-order chi connectivity index (χ0) is 14.3. The van der Waals surface area contributed by atoms with Gasteiger partial charge in [-0.2, -0.15) is 0 Å². The van der Waals surface area contributed by atoms with Crippen LogP contribution in [0, 0.1) is 10.1 Å². The Labute approximate surface area is 111 Å². The Hall–Kier alpha value is -1.95. The van der Waals surface area contributed by atoms with Crippen molar-refractivity contribution in [3.05, 3.63) is 39.9 Å². The van der Waals surface area contributed by atoms with Crippen LogP contribution >= 0.6 is 0 Å². The molecule has 1 saturated carbocycles. The van der Waals surface area contributed by atoms with E-state index in [0.717, 1.165) is 12.1 Å². The predicted molar refractivity (Wildman–Crippen MR) is 71.1 cm³/mol. The van der Waals surface area contributed by atoms with Crippen molar-refractivity contribution in [1.82, 2.24) is 0 Å². The minimum absolute atomic E-state index is 0.0422. The summed E-state index contributed by atoms with van der Waals surface area (Å²) in [5, 5.41) is 18.6. The van der Waals surface area contributed by atoms with Gasteiger partial charge in [0.15, 0.2) is 0 Å². The van der Waals surface area contributed by atoms with Gasteiger partial charge >= 0.3 is 5.97 Å². The summed E-state index contributed by atoms with van der Waals surface area (Å²) >= 11 is 0. The molecule has 0 atom stereocenters. The Morgan fingerprint density at radius 1 is 1.21 bits per heavy atom. The van der Waals surface area contributed by atoms with Gasteiger partial charge in [0.25, 0.3) is 5.69 Å². The van der Waals surface area contributed by atoms with Crippen molar-refractivity contribution in [2.75, 3.05) is 0 Å². The molecule has 1 fully saturated rings. The van der Waals surface area contributed by atoms with Crippen LogP contribution in [0.1, 0.15) is 42.5 Å². The molecule has 0 spiro atoms. The van der Waals surface area contributed by atoms with E-state index in [2.05, 4.69) is 0 Å². The van der Waals surface area contributed by atoms with Crippen LogP contribution in [-0.4, -0.2) is 22.0 Å². The molecule has 1 aliphatic carbocycles. The fraction of sp³-hybridized carbons (Fsp3) is 0.462. The van der Waals surface area contributed by atoms with Gasteiger partial charge in [0.05, 0.1) is 10.5 Å². The summed E-state index contributed by atoms with van der Waals surface area (Å²) in [6.45, 7) is 0. The molecule has 0 bridgehead atoms. The van der Waals surface area contributed by atoms with Crippen molar-refractivity contribution in [3.8, 4) is 0 Å². The number of nitrogens with two attached hydrogens (primary N) is 1. The number of nitro groups is 1. The maximum absolute atomic E-state index is 10.3. The predicted octanol–water partition coefficient (Wildman–Crippen LogP) is 2.57. The molecule has 3 N–H and O–H groups in total. The maximum atomic E-state index is 10.3. The van der Waals surface area contributed by atoms with Crippen LogP contribution < -0.4 is 5.73 Å². The average molecular weight is 266 g/mol. The lowest BCUT2D eigenvalue weighted by molar-refractivity contribution is -0.384. The number of carboxylic acid groups (broad SMARTS) is 1. The number of nitrogens with zero attached hydrogens (tertiary/aromatic N) is 1. The summed E-state index contributed by atoms with van der Waals surface area (Å²) in [4.78, 5) is 19.9. The highest BCUT2D eigenvalue weighted by Crippen LogP contribution is 2.14. The normalized spacial score (nSPS) is 15.2. The second kappa shape index (κ2) is 7.48. The number of carbonyl (C=O) groups is 1. The Kier molecular flexibility index (Phi) is 5.95. The molecule has 0 saturated heterocycles. The van der Waals surface area contributed by atoms with E-state index in [0.29, 0.717) is 6.04 Å². The molecule has 0 heterocycles. The highest BCUT2D eigenvalue weighted by atomic mass is 16.6. The number of carboxylic acids is 1. The third-order valence-corrected chi connectivity index (χ3v) is 2.97. The molecule has 1 aromatic carbocycles. The molecule has 6 heteroatoms. The van der Waals surface area contributed by atoms with E-state index >= 15 is 0 Å². The standard InChI is InChI=1S/C7H5NO4.C6H13N/c9-7(10)5-1-3-6(4-2-5)8(11)12;7-6-4-2-1-3-5-6/h1-4H,(H,9,10);6H,1-5,7H2. The average Bonchev–Trinajstić information content (AvgIpc) is 2.40. The number of benzene rings is 1. The van der Waals surface area contributed by atoms with Crippen molar-refractivity contribution in [1.29, 1.82) is 0 Å². The van der Waals surface area contributed by atoms with Gasteiger partial charge in [0.2, 0.25) is 0 Å². The number of nitro benzene ring substituents is 1. The molecule has 6 nitrogen and oxygen atoms in total. The first-order valence-corrected chi connectivity index (χ1v) is 6.24. The number of rotatable bonds is 2. The van der Waals surface area contributed by atoms with Gasteiger partial charge in [-0.25, -0.2) is 4.79 Å². The quantitative estimate of drug-likeness (QED) is 0.632. The van der Waals surface area contributed by atoms with E-state index in [4.69, 9.17) is 10.8 Å². The van der Waals surface area contributed by atoms with Gasteiger partial charge in [-0.3, -0.25) is 10.1 Å². The third-order valence-electron chi connectivity index (χ3n) is 2.97. The third kappa shape index (κ3) is 5.48. The number of aromatic carboxylic acids is 1. The van der Waals surface area contributed by atoms with Gasteiger partial charge in [0, 0.05) is 18.2 Å². The van der Waals surface area contributed by atoms with Gasteiger partial charge in [-0.15, -0.1) is 0 Å². The van der Waals surface area contributed by atoms with Crippen molar-refractivity contribution in [2.24, 2.45) is 5.73 Å². The molecule has 2 rings (SSSR count). The summed E-state index contributed by atoms with van der Waals surface area (Å²) in [5.41, 5.74) is 5.57. The lowest BCUT2D eigenvalue weighted by Crippen LogP contribution is -2.22. The highest BCUT2D eigenvalue weighted by Gasteiger charge is 2.07. The molecule has 1 aliphatic rings. The number of hydrogen-bond donors (Lipinski definition) is 2. The first-order valence-electron chi connectivity index (χ1n) is 6.24. The molecule has 19 heavy (non-hydrogen) atoms. The topological polar surface area (TPSA) is 106 Å². The van der Waals surface area contributed by atoms with Gasteiger partial charge in [0.1, 0.15) is 0 Å². The molecule has 1 aromatic rings. The van der Waals surface area contributed by atoms with Crippen LogP contribution in [0.2, 0.25) is 0 Å². The van der Waals surface area contributed by atoms with Crippen LogP contribution in [0.5, 0.6) is 0 Å². The van der Waals surface area contributed by atoms with E-state index in [1.165, 1.54) is 44.2 Å². The lowest BCUT2D eigenvalue weighted by Gasteiger charge is -2.15. The summed E-state index contributed by atoms with van der Waals surface area (Å²) < 4.78 is 0. The first-order chi connectivity index (χ1) is 9.00. The Morgan fingerprint density at radius 3 is 2.05 bits per heavy atom. The molecule has 0 radical (unpaired) electrons. The fourth-order valence-corrected chi connectivity index (χ4v) is 1.86. The van der Waals surface area contributed by atoms with Crippen molar-refractivity contribution in [2.45, 2.75) is 38.1 Å². The highest BCUT2D eigenvalue weighted by molar-refractivity contribution is 5.87. The zero-order valence-corrected chi connectivity index (χ0v) is 10.6. The lowest BCUT2D eigenvalue weighted by atomic mass is 9.97. The second-order valence-electron chi connectivity index (χ2n) is 4.51. The van der Waals surface area contributed by atoms with Crippen molar-refractivity contribution < 1.29 is 14.8 Å². The first kappa shape index (κ1) is 15.1. The molecule has 0 aliphatic heterocycles. The maximum Gasteiger partial charge on any atom is 0.335 e. The van der Waals surface area contributed by atoms with Crippen LogP contribution in [0.15, 0.2) is 24.3 Å². The van der Waals surface area contributed by atoms with E-state index in [9.17, 15) is 14.9 Å². The van der Waals surface area contributed by atoms with Crippen LogP contribution in [0.3, 0.4) is 0 Å². The molecule has 0 unspecified atom stereocenters. The molecular weight excluding hydrogens is 248 g/mol. The van der Waals surface area contributed by atoms with E-state index in [1.54, 1.807) is 0 Å². The van der Waals surface area contributed by atoms with Gasteiger partial charge < -0.3 is 10.8 Å². The van der Waals surface area contributed by atoms with Crippen molar-refractivity contribution in [3.63, 3.8) is 0 Å². The van der Waals surface area contributed by atoms with E-state index < -0.39 is 10.9 Å². The van der Waals surface area contributed by atoms with Gasteiger partial charge in [-0.1, -0.05) is 19.3 Å². The smallest absolute Gasteiger partial charge is 0.335 e. The monoisotopic (exact) mass is 266 g/mol. The van der Waals surface area contributed by atoms with E-state index in [1.807, 2.05) is 0 Å². The van der Waals surface area contributed by atoms with Crippen LogP contribution in [0.4, 0.5) is 5.69 Å². The SMILES string of the molecule is NC1CCCCC1.O=C(O)c1ccc([N+](=O)[O-])cc1. The summed E-state index contributed by atoms with van der Waals surface area (Å²) in [6, 6.07) is 5.24. The zero-order valence-electron chi connectivity index (χ0n) is 10.6. The Bertz CT molecular complexity index is 392. The Balaban J connectivity index is 0.000000218. The molecule has 104 valence electrons. The van der Waals surface area contributed by atoms with Crippen LogP contribution in [0.25, 0.3) is 0 Å². The molecule has 0 aromatic heterocycles. The van der Waals surface area contributed by atoms with Crippen molar-refractivity contribution >= 4 is 11.7 Å². The minimum Gasteiger partial charge on any atom is -0.478 e. The second-order valence-corrected chi connectivity index (χ2v) is 4.51. The summed E-state index contributed by atoms with van der Waals surface area (Å²) in [6.07, 6.45) is 6.66. The summed E-state index contributed by atoms with van der Waals surface area (Å²) in [5.74, 6) is -1.09.